The largest absolute Gasteiger partial charge is 0.467 e. The van der Waals surface area contributed by atoms with Gasteiger partial charge in [-0.05, 0) is 24.3 Å². The predicted molar refractivity (Wildman–Crippen MR) is 86.6 cm³/mol. The minimum Gasteiger partial charge on any atom is -0.467 e. The van der Waals surface area contributed by atoms with Gasteiger partial charge >= 0.3 is 0 Å². The van der Waals surface area contributed by atoms with Gasteiger partial charge in [0.1, 0.15) is 17.6 Å². The minimum atomic E-state index is -0.129. The van der Waals surface area contributed by atoms with E-state index < -0.39 is 0 Å². The van der Waals surface area contributed by atoms with E-state index in [1.54, 1.807) is 47.4 Å². The summed E-state index contributed by atoms with van der Waals surface area (Å²) in [6, 6.07) is 10.9. The Morgan fingerprint density at radius 1 is 1.33 bits per heavy atom. The Labute approximate surface area is 140 Å². The Bertz CT molecular complexity index is 741. The Morgan fingerprint density at radius 2 is 2.17 bits per heavy atom. The van der Waals surface area contributed by atoms with Gasteiger partial charge in [0, 0.05) is 19.8 Å². The number of aromatic nitrogens is 1. The zero-order valence-electron chi connectivity index (χ0n) is 13.3. The highest BCUT2D eigenvalue weighted by Crippen LogP contribution is 2.11. The van der Waals surface area contributed by atoms with Crippen molar-refractivity contribution in [2.75, 3.05) is 25.0 Å². The van der Waals surface area contributed by atoms with Crippen LogP contribution in [0.1, 0.15) is 17.7 Å². The van der Waals surface area contributed by atoms with Gasteiger partial charge in [0.15, 0.2) is 0 Å². The molecule has 0 spiro atoms. The number of hydrogen-bond acceptors (Lipinski definition) is 6. The average molecular weight is 323 g/mol. The number of carbonyl (C=O) groups is 1. The molecule has 0 unspecified atom stereocenters. The zero-order valence-corrected chi connectivity index (χ0v) is 13.3. The van der Waals surface area contributed by atoms with Crippen molar-refractivity contribution < 1.29 is 9.21 Å². The zero-order chi connectivity index (χ0) is 17.4. The third-order valence-corrected chi connectivity index (χ3v) is 3.41. The van der Waals surface area contributed by atoms with Crippen LogP contribution >= 0.6 is 0 Å². The van der Waals surface area contributed by atoms with Crippen molar-refractivity contribution in [3.05, 3.63) is 48.0 Å². The molecule has 0 N–H and O–H groups in total. The first kappa shape index (κ1) is 17.0. The van der Waals surface area contributed by atoms with Gasteiger partial charge in [0.2, 0.25) is 5.91 Å². The molecule has 2 aromatic heterocycles. The molecule has 0 atom stereocenters. The minimum absolute atomic E-state index is 0.116. The van der Waals surface area contributed by atoms with Crippen LogP contribution in [0.3, 0.4) is 0 Å². The second-order valence-electron chi connectivity index (χ2n) is 5.18. The maximum atomic E-state index is 12.5. The van der Waals surface area contributed by atoms with Crippen LogP contribution in [-0.4, -0.2) is 35.9 Å². The number of pyridine rings is 1. The van der Waals surface area contributed by atoms with Gasteiger partial charge in [-0.2, -0.15) is 10.5 Å². The summed E-state index contributed by atoms with van der Waals surface area (Å²) in [7, 11) is 1.75. The lowest BCUT2D eigenvalue weighted by Gasteiger charge is -2.24. The molecule has 0 aromatic carbocycles. The van der Waals surface area contributed by atoms with E-state index in [0.29, 0.717) is 30.2 Å². The fourth-order valence-corrected chi connectivity index (χ4v) is 2.13. The van der Waals surface area contributed by atoms with Crippen molar-refractivity contribution in [3.8, 4) is 12.1 Å². The first-order chi connectivity index (χ1) is 11.6. The second kappa shape index (κ2) is 8.35. The number of hydrogen-bond donors (Lipinski definition) is 0. The molecular formula is C17H17N5O2. The van der Waals surface area contributed by atoms with Gasteiger partial charge < -0.3 is 14.2 Å². The summed E-state index contributed by atoms with van der Waals surface area (Å²) in [6.45, 7) is 0.776. The summed E-state index contributed by atoms with van der Waals surface area (Å²) in [4.78, 5) is 20.0. The van der Waals surface area contributed by atoms with E-state index >= 15 is 0 Å². The van der Waals surface area contributed by atoms with E-state index in [4.69, 9.17) is 14.9 Å². The number of furan rings is 1. The molecule has 2 heterocycles. The molecule has 1 amide bonds. The fraction of sp³-hybridized carbons (Fsp3) is 0.294. The lowest BCUT2D eigenvalue weighted by Crippen LogP contribution is -2.39. The van der Waals surface area contributed by atoms with Gasteiger partial charge in [-0.15, -0.1) is 0 Å². The normalized spacial score (nSPS) is 9.79. The molecular weight excluding hydrogens is 306 g/mol. The molecule has 0 aliphatic carbocycles. The lowest BCUT2D eigenvalue weighted by molar-refractivity contribution is -0.130. The van der Waals surface area contributed by atoms with E-state index in [1.165, 1.54) is 6.20 Å². The number of carbonyl (C=O) groups excluding carboxylic acids is 1. The third-order valence-electron chi connectivity index (χ3n) is 3.41. The van der Waals surface area contributed by atoms with Crippen LogP contribution in [0.2, 0.25) is 0 Å². The lowest BCUT2D eigenvalue weighted by atomic mass is 10.3. The predicted octanol–water partition coefficient (Wildman–Crippen LogP) is 1.92. The van der Waals surface area contributed by atoms with Crippen LogP contribution in [0.25, 0.3) is 0 Å². The van der Waals surface area contributed by atoms with Crippen molar-refractivity contribution in [1.82, 2.24) is 9.88 Å². The summed E-state index contributed by atoms with van der Waals surface area (Å²) >= 11 is 0. The van der Waals surface area contributed by atoms with Crippen molar-refractivity contribution >= 4 is 11.7 Å². The highest BCUT2D eigenvalue weighted by Gasteiger charge is 2.17. The molecule has 24 heavy (non-hydrogen) atoms. The highest BCUT2D eigenvalue weighted by molar-refractivity contribution is 5.81. The quantitative estimate of drug-likeness (QED) is 0.772. The molecule has 0 fully saturated rings. The first-order valence-corrected chi connectivity index (χ1v) is 7.38. The van der Waals surface area contributed by atoms with Crippen LogP contribution < -0.4 is 4.90 Å². The maximum Gasteiger partial charge on any atom is 0.242 e. The second-order valence-corrected chi connectivity index (χ2v) is 5.18. The fourth-order valence-electron chi connectivity index (χ4n) is 2.13. The van der Waals surface area contributed by atoms with Gasteiger partial charge in [0.05, 0.1) is 37.4 Å². The average Bonchev–Trinajstić information content (AvgIpc) is 3.11. The summed E-state index contributed by atoms with van der Waals surface area (Å²) in [5, 5.41) is 17.6. The molecule has 7 nitrogen and oxygen atoms in total. The molecule has 0 saturated carbocycles. The van der Waals surface area contributed by atoms with Gasteiger partial charge in [-0.1, -0.05) is 0 Å². The highest BCUT2D eigenvalue weighted by atomic mass is 16.3. The first-order valence-electron chi connectivity index (χ1n) is 7.38. The topological polar surface area (TPSA) is 97.2 Å². The van der Waals surface area contributed by atoms with E-state index in [0.717, 1.165) is 0 Å². The van der Waals surface area contributed by atoms with E-state index in [-0.39, 0.29) is 18.9 Å². The summed E-state index contributed by atoms with van der Waals surface area (Å²) in [5.41, 5.74) is 0.465. The number of anilines is 1. The molecule has 0 radical (unpaired) electrons. The smallest absolute Gasteiger partial charge is 0.242 e. The van der Waals surface area contributed by atoms with Crippen LogP contribution in [0, 0.1) is 22.7 Å². The van der Waals surface area contributed by atoms with Crippen molar-refractivity contribution in [2.24, 2.45) is 0 Å². The maximum absolute atomic E-state index is 12.5. The van der Waals surface area contributed by atoms with E-state index in [1.807, 2.05) is 12.1 Å². The van der Waals surface area contributed by atoms with Crippen LogP contribution in [0.4, 0.5) is 5.82 Å². The van der Waals surface area contributed by atoms with E-state index in [2.05, 4.69) is 4.98 Å². The number of rotatable bonds is 7. The Kier molecular flexibility index (Phi) is 5.93. The SMILES string of the molecule is CN(CC(=O)N(CCC#N)Cc1ccco1)c1ccc(C#N)cn1. The van der Waals surface area contributed by atoms with E-state index in [9.17, 15) is 4.79 Å². The molecule has 122 valence electrons. The third kappa shape index (κ3) is 4.59. The van der Waals surface area contributed by atoms with Crippen molar-refractivity contribution in [3.63, 3.8) is 0 Å². The van der Waals surface area contributed by atoms with Crippen LogP contribution in [0.5, 0.6) is 0 Å². The van der Waals surface area contributed by atoms with Crippen molar-refractivity contribution in [1.29, 1.82) is 10.5 Å². The van der Waals surface area contributed by atoms with Gasteiger partial charge in [0.25, 0.3) is 0 Å². The molecule has 2 rings (SSSR count). The molecule has 0 aliphatic heterocycles. The number of nitrogens with zero attached hydrogens (tertiary/aromatic N) is 5. The molecule has 2 aromatic rings. The summed E-state index contributed by atoms with van der Waals surface area (Å²) < 4.78 is 5.28. The monoisotopic (exact) mass is 323 g/mol. The molecule has 7 heteroatoms. The molecule has 0 saturated heterocycles. The number of amides is 1. The number of likely N-dealkylation sites (N-methyl/N-ethyl adjacent to an activating group) is 1. The van der Waals surface area contributed by atoms with Gasteiger partial charge in [-0.25, -0.2) is 4.98 Å². The van der Waals surface area contributed by atoms with Crippen molar-refractivity contribution in [2.45, 2.75) is 13.0 Å². The molecule has 0 aliphatic rings. The Hall–Kier alpha value is -3.32. The summed E-state index contributed by atoms with van der Waals surface area (Å²) in [6.07, 6.45) is 3.27. The Balaban J connectivity index is 2.02. The van der Waals surface area contributed by atoms with Gasteiger partial charge in [-0.3, -0.25) is 4.79 Å². The Morgan fingerprint density at radius 3 is 2.75 bits per heavy atom. The molecule has 0 bridgehead atoms. The van der Waals surface area contributed by atoms with Crippen LogP contribution in [-0.2, 0) is 11.3 Å². The number of nitriles is 2. The van der Waals surface area contributed by atoms with Crippen LogP contribution in [0.15, 0.2) is 41.1 Å². The standard InChI is InChI=1S/C17H17N5O2/c1-21(16-6-5-14(10-19)11-20-16)13-17(23)22(8-3-7-18)12-15-4-2-9-24-15/h2,4-6,9,11H,3,8,12-13H2,1H3. The summed E-state index contributed by atoms with van der Waals surface area (Å²) in [5.74, 6) is 1.14.